The third-order valence-electron chi connectivity index (χ3n) is 3.33. The Kier molecular flexibility index (Phi) is 3.14. The molecule has 0 aromatic heterocycles. The minimum absolute atomic E-state index is 0.0395. The molecule has 16 heavy (non-hydrogen) atoms. The average molecular weight is 244 g/mol. The smallest absolute Gasteiger partial charge is 0.236 e. The van der Waals surface area contributed by atoms with Crippen molar-refractivity contribution in [2.24, 2.45) is 11.1 Å². The summed E-state index contributed by atoms with van der Waals surface area (Å²) in [6, 6.07) is -0.256. The van der Waals surface area contributed by atoms with Gasteiger partial charge < -0.3 is 20.5 Å². The molecular formula is C10H16N2O3S. The van der Waals surface area contributed by atoms with Gasteiger partial charge in [-0.25, -0.2) is 0 Å². The number of morpholine rings is 1. The molecule has 3 N–H and O–H groups in total. The second kappa shape index (κ2) is 4.27. The fourth-order valence-corrected chi connectivity index (χ4v) is 2.33. The maximum Gasteiger partial charge on any atom is 0.236 e. The molecule has 0 radical (unpaired) electrons. The van der Waals surface area contributed by atoms with Crippen LogP contribution >= 0.6 is 12.2 Å². The van der Waals surface area contributed by atoms with Crippen LogP contribution in [0.3, 0.4) is 0 Å². The number of nitrogens with two attached hydrogens (primary N) is 1. The first kappa shape index (κ1) is 11.8. The van der Waals surface area contributed by atoms with Crippen LogP contribution in [0.1, 0.15) is 12.8 Å². The van der Waals surface area contributed by atoms with Gasteiger partial charge in [-0.2, -0.15) is 0 Å². The van der Waals surface area contributed by atoms with Crippen molar-refractivity contribution in [2.75, 3.05) is 26.4 Å². The maximum absolute atomic E-state index is 12.3. The number of rotatable bonds is 3. The lowest BCUT2D eigenvalue weighted by Crippen LogP contribution is -2.54. The molecule has 1 aliphatic heterocycles. The van der Waals surface area contributed by atoms with Crippen molar-refractivity contribution in [3.63, 3.8) is 0 Å². The van der Waals surface area contributed by atoms with E-state index >= 15 is 0 Å². The van der Waals surface area contributed by atoms with Crippen LogP contribution in [0.4, 0.5) is 0 Å². The lowest BCUT2D eigenvalue weighted by molar-refractivity contribution is -0.144. The highest BCUT2D eigenvalue weighted by Crippen LogP contribution is 2.47. The van der Waals surface area contributed by atoms with Crippen LogP contribution in [0.25, 0.3) is 0 Å². The van der Waals surface area contributed by atoms with Gasteiger partial charge in [0.25, 0.3) is 0 Å². The molecule has 1 saturated heterocycles. The van der Waals surface area contributed by atoms with Gasteiger partial charge in [-0.05, 0) is 12.8 Å². The molecule has 1 atom stereocenters. The van der Waals surface area contributed by atoms with Crippen LogP contribution in [0, 0.1) is 5.41 Å². The van der Waals surface area contributed by atoms with Crippen LogP contribution in [-0.2, 0) is 9.53 Å². The van der Waals surface area contributed by atoms with Crippen molar-refractivity contribution in [2.45, 2.75) is 18.9 Å². The van der Waals surface area contributed by atoms with Crippen molar-refractivity contribution >= 4 is 23.1 Å². The zero-order chi connectivity index (χ0) is 11.8. The topological polar surface area (TPSA) is 75.8 Å². The Bertz CT molecular complexity index is 317. The average Bonchev–Trinajstić information content (AvgIpc) is 3.09. The maximum atomic E-state index is 12.3. The number of hydrogen-bond donors (Lipinski definition) is 2. The van der Waals surface area contributed by atoms with E-state index in [1.165, 1.54) is 0 Å². The Morgan fingerprint density at radius 1 is 1.62 bits per heavy atom. The number of carbonyl (C=O) groups is 1. The number of thiocarbonyl (C=S) groups is 1. The van der Waals surface area contributed by atoms with Crippen LogP contribution in [0.5, 0.6) is 0 Å². The van der Waals surface area contributed by atoms with Gasteiger partial charge in [0, 0.05) is 6.54 Å². The highest BCUT2D eigenvalue weighted by atomic mass is 32.1. The van der Waals surface area contributed by atoms with E-state index in [0.29, 0.717) is 19.8 Å². The predicted molar refractivity (Wildman–Crippen MR) is 61.9 cm³/mol. The monoisotopic (exact) mass is 244 g/mol. The Morgan fingerprint density at radius 2 is 2.31 bits per heavy atom. The third-order valence-corrected chi connectivity index (χ3v) is 3.72. The summed E-state index contributed by atoms with van der Waals surface area (Å²) in [5.41, 5.74) is 4.99. The number of ether oxygens (including phenoxy) is 1. The van der Waals surface area contributed by atoms with Crippen molar-refractivity contribution in [3.05, 3.63) is 0 Å². The summed E-state index contributed by atoms with van der Waals surface area (Å²) in [5, 5.41) is 9.20. The summed E-state index contributed by atoms with van der Waals surface area (Å²) >= 11 is 4.95. The molecule has 1 unspecified atom stereocenters. The van der Waals surface area contributed by atoms with Crippen LogP contribution in [0.2, 0.25) is 0 Å². The van der Waals surface area contributed by atoms with Gasteiger partial charge in [-0.1, -0.05) is 12.2 Å². The SMILES string of the molecule is NC(=S)C1(C(=O)N2CCOCC2CO)CC1. The minimum atomic E-state index is -0.625. The van der Waals surface area contributed by atoms with Crippen LogP contribution in [0.15, 0.2) is 0 Å². The number of amides is 1. The van der Waals surface area contributed by atoms with Crippen molar-refractivity contribution in [3.8, 4) is 0 Å². The summed E-state index contributed by atoms with van der Waals surface area (Å²) in [4.78, 5) is 14.2. The Labute approximate surface area is 99.5 Å². The first-order valence-electron chi connectivity index (χ1n) is 5.41. The summed E-state index contributed by atoms with van der Waals surface area (Å²) in [6.07, 6.45) is 1.47. The second-order valence-electron chi connectivity index (χ2n) is 4.36. The Morgan fingerprint density at radius 3 is 2.81 bits per heavy atom. The van der Waals surface area contributed by atoms with E-state index in [4.69, 9.17) is 22.7 Å². The number of aliphatic hydroxyl groups excluding tert-OH is 1. The quantitative estimate of drug-likeness (QED) is 0.640. The standard InChI is InChI=1S/C10H16N2O3S/c11-8(16)10(1-2-10)9(14)12-3-4-15-6-7(12)5-13/h7,13H,1-6H2,(H2,11,16). The van der Waals surface area contributed by atoms with Gasteiger partial charge >= 0.3 is 0 Å². The first-order chi connectivity index (χ1) is 7.62. The van der Waals surface area contributed by atoms with Crippen LogP contribution < -0.4 is 5.73 Å². The van der Waals surface area contributed by atoms with Crippen molar-refractivity contribution < 1.29 is 14.6 Å². The van der Waals surface area contributed by atoms with E-state index in [9.17, 15) is 9.90 Å². The van der Waals surface area contributed by atoms with E-state index in [0.717, 1.165) is 12.8 Å². The van der Waals surface area contributed by atoms with Gasteiger partial charge in [0.15, 0.2) is 0 Å². The van der Waals surface area contributed by atoms with E-state index in [1.54, 1.807) is 4.90 Å². The molecule has 90 valence electrons. The fraction of sp³-hybridized carbons (Fsp3) is 0.800. The van der Waals surface area contributed by atoms with Gasteiger partial charge in [0.05, 0.1) is 36.3 Å². The zero-order valence-corrected chi connectivity index (χ0v) is 9.83. The number of aliphatic hydroxyl groups is 1. The van der Waals surface area contributed by atoms with Gasteiger partial charge in [-0.3, -0.25) is 4.79 Å². The Balaban J connectivity index is 2.11. The minimum Gasteiger partial charge on any atom is -0.394 e. The normalized spacial score (nSPS) is 27.6. The number of nitrogens with zero attached hydrogens (tertiary/aromatic N) is 1. The molecule has 0 aromatic carbocycles. The molecule has 0 spiro atoms. The largest absolute Gasteiger partial charge is 0.394 e. The second-order valence-corrected chi connectivity index (χ2v) is 4.80. The molecule has 6 heteroatoms. The van der Waals surface area contributed by atoms with Crippen LogP contribution in [-0.4, -0.2) is 53.3 Å². The predicted octanol–water partition coefficient (Wildman–Crippen LogP) is -0.728. The lowest BCUT2D eigenvalue weighted by atomic mass is 10.0. The first-order valence-corrected chi connectivity index (χ1v) is 5.82. The molecular weight excluding hydrogens is 228 g/mol. The molecule has 1 saturated carbocycles. The molecule has 1 aliphatic carbocycles. The van der Waals surface area contributed by atoms with E-state index in [2.05, 4.69) is 0 Å². The van der Waals surface area contributed by atoms with Crippen molar-refractivity contribution in [1.29, 1.82) is 0 Å². The fourth-order valence-electron chi connectivity index (χ4n) is 2.04. The van der Waals surface area contributed by atoms with E-state index in [-0.39, 0.29) is 23.5 Å². The number of carbonyl (C=O) groups excluding carboxylic acids is 1. The molecule has 0 bridgehead atoms. The summed E-state index contributed by atoms with van der Waals surface area (Å²) in [5.74, 6) is -0.0395. The highest BCUT2D eigenvalue weighted by molar-refractivity contribution is 7.80. The number of hydrogen-bond acceptors (Lipinski definition) is 4. The summed E-state index contributed by atoms with van der Waals surface area (Å²) in [6.45, 7) is 1.32. The molecule has 1 heterocycles. The van der Waals surface area contributed by atoms with Gasteiger partial charge in [-0.15, -0.1) is 0 Å². The third kappa shape index (κ3) is 1.81. The van der Waals surface area contributed by atoms with Gasteiger partial charge in [0.1, 0.15) is 0 Å². The molecule has 5 nitrogen and oxygen atoms in total. The summed E-state index contributed by atoms with van der Waals surface area (Å²) < 4.78 is 5.23. The van der Waals surface area contributed by atoms with E-state index in [1.807, 2.05) is 0 Å². The molecule has 1 amide bonds. The molecule has 2 rings (SSSR count). The summed E-state index contributed by atoms with van der Waals surface area (Å²) in [7, 11) is 0. The van der Waals surface area contributed by atoms with Crippen molar-refractivity contribution in [1.82, 2.24) is 4.90 Å². The molecule has 2 aliphatic rings. The Hall–Kier alpha value is -0.720. The van der Waals surface area contributed by atoms with E-state index < -0.39 is 5.41 Å². The zero-order valence-electron chi connectivity index (χ0n) is 9.02. The highest BCUT2D eigenvalue weighted by Gasteiger charge is 2.55. The lowest BCUT2D eigenvalue weighted by Gasteiger charge is -2.36. The van der Waals surface area contributed by atoms with Gasteiger partial charge in [0.2, 0.25) is 5.91 Å². The molecule has 2 fully saturated rings. The molecule has 0 aromatic rings.